The van der Waals surface area contributed by atoms with Gasteiger partial charge in [0.25, 0.3) is 0 Å². The fourth-order valence-corrected chi connectivity index (χ4v) is 3.34. The second-order valence-corrected chi connectivity index (χ2v) is 7.17. The molecule has 1 aliphatic heterocycles. The number of aliphatic imine (C=N–C) groups is 1. The SMILES string of the molecule is CN=C(NCCc1nc(-c2ccco2)n[nH]1)NCC(C(C)C)N1CCOCC1.I. The molecule has 1 fully saturated rings. The van der Waals surface area contributed by atoms with Gasteiger partial charge in [-0.05, 0) is 18.1 Å². The highest BCUT2D eigenvalue weighted by Gasteiger charge is 2.23. The average Bonchev–Trinajstić information content (AvgIpc) is 3.39. The molecule has 0 aliphatic carbocycles. The predicted molar refractivity (Wildman–Crippen MR) is 124 cm³/mol. The summed E-state index contributed by atoms with van der Waals surface area (Å²) >= 11 is 0. The quantitative estimate of drug-likeness (QED) is 0.279. The first-order valence-corrected chi connectivity index (χ1v) is 9.89. The Bertz CT molecular complexity index is 727. The largest absolute Gasteiger partial charge is 0.461 e. The van der Waals surface area contributed by atoms with Crippen molar-refractivity contribution >= 4 is 29.9 Å². The van der Waals surface area contributed by atoms with Gasteiger partial charge in [0.15, 0.2) is 11.7 Å². The number of aromatic amines is 1. The molecule has 10 heteroatoms. The van der Waals surface area contributed by atoms with Crippen molar-refractivity contribution < 1.29 is 9.15 Å². The molecule has 0 aromatic carbocycles. The molecule has 1 aliphatic rings. The molecule has 3 heterocycles. The third-order valence-corrected chi connectivity index (χ3v) is 4.91. The predicted octanol–water partition coefficient (Wildman–Crippen LogP) is 1.75. The first-order chi connectivity index (χ1) is 13.7. The molecule has 0 radical (unpaired) electrons. The molecule has 1 atom stereocenters. The monoisotopic (exact) mass is 517 g/mol. The summed E-state index contributed by atoms with van der Waals surface area (Å²) in [5.74, 6) is 3.40. The molecule has 3 N–H and O–H groups in total. The summed E-state index contributed by atoms with van der Waals surface area (Å²) in [4.78, 5) is 11.3. The van der Waals surface area contributed by atoms with Gasteiger partial charge >= 0.3 is 0 Å². The van der Waals surface area contributed by atoms with E-state index >= 15 is 0 Å². The normalized spacial score (nSPS) is 16.5. The molecule has 2 aromatic rings. The van der Waals surface area contributed by atoms with Crippen LogP contribution in [0.4, 0.5) is 0 Å². The van der Waals surface area contributed by atoms with E-state index in [2.05, 4.69) is 49.6 Å². The Morgan fingerprint density at radius 1 is 1.31 bits per heavy atom. The lowest BCUT2D eigenvalue weighted by Crippen LogP contribution is -2.52. The molecule has 162 valence electrons. The Morgan fingerprint density at radius 2 is 2.10 bits per heavy atom. The van der Waals surface area contributed by atoms with Gasteiger partial charge in [-0.1, -0.05) is 13.8 Å². The maximum absolute atomic E-state index is 5.48. The number of aromatic nitrogens is 3. The van der Waals surface area contributed by atoms with E-state index in [0.717, 1.165) is 44.6 Å². The number of H-pyrrole nitrogens is 1. The number of morpholine rings is 1. The van der Waals surface area contributed by atoms with Gasteiger partial charge < -0.3 is 19.8 Å². The molecular weight excluding hydrogens is 485 g/mol. The standard InChI is InChI=1S/C19H31N7O2.HI/c1-14(2)15(26-8-11-27-12-9-26)13-22-19(20-3)21-7-6-17-23-18(25-24-17)16-5-4-10-28-16;/h4-5,10,14-15H,6-9,11-13H2,1-3H3,(H2,20,21,22)(H,23,24,25);1H. The van der Waals surface area contributed by atoms with Crippen molar-refractivity contribution in [2.45, 2.75) is 26.3 Å². The van der Waals surface area contributed by atoms with Crippen LogP contribution >= 0.6 is 24.0 Å². The minimum Gasteiger partial charge on any atom is -0.461 e. The summed E-state index contributed by atoms with van der Waals surface area (Å²) in [5, 5.41) is 13.9. The Labute approximate surface area is 189 Å². The number of hydrogen-bond acceptors (Lipinski definition) is 6. The lowest BCUT2D eigenvalue weighted by molar-refractivity contribution is 0.00752. The van der Waals surface area contributed by atoms with Gasteiger partial charge in [-0.3, -0.25) is 15.0 Å². The number of rotatable bonds is 8. The lowest BCUT2D eigenvalue weighted by Gasteiger charge is -2.37. The van der Waals surface area contributed by atoms with Crippen LogP contribution in [0.5, 0.6) is 0 Å². The summed E-state index contributed by atoms with van der Waals surface area (Å²) in [5.41, 5.74) is 0. The van der Waals surface area contributed by atoms with E-state index in [1.807, 2.05) is 12.1 Å². The van der Waals surface area contributed by atoms with E-state index in [0.29, 0.717) is 36.5 Å². The van der Waals surface area contributed by atoms with Gasteiger partial charge in [-0.2, -0.15) is 5.10 Å². The van der Waals surface area contributed by atoms with Crippen molar-refractivity contribution in [2.24, 2.45) is 10.9 Å². The number of ether oxygens (including phenoxy) is 1. The van der Waals surface area contributed by atoms with E-state index in [9.17, 15) is 0 Å². The summed E-state index contributed by atoms with van der Waals surface area (Å²) in [6, 6.07) is 4.12. The van der Waals surface area contributed by atoms with Crippen molar-refractivity contribution in [3.8, 4) is 11.6 Å². The molecular formula is C19H32IN7O2. The summed E-state index contributed by atoms with van der Waals surface area (Å²) in [6.07, 6.45) is 2.33. The fourth-order valence-electron chi connectivity index (χ4n) is 3.34. The molecule has 0 spiro atoms. The summed E-state index contributed by atoms with van der Waals surface area (Å²) in [6.45, 7) is 9.68. The molecule has 0 saturated carbocycles. The summed E-state index contributed by atoms with van der Waals surface area (Å²) < 4.78 is 10.8. The smallest absolute Gasteiger partial charge is 0.216 e. The summed E-state index contributed by atoms with van der Waals surface area (Å²) in [7, 11) is 1.79. The van der Waals surface area contributed by atoms with Gasteiger partial charge in [0.2, 0.25) is 5.82 Å². The number of hydrogen-bond donors (Lipinski definition) is 3. The minimum absolute atomic E-state index is 0. The van der Waals surface area contributed by atoms with Gasteiger partial charge in [-0.15, -0.1) is 24.0 Å². The number of nitrogens with zero attached hydrogens (tertiary/aromatic N) is 4. The van der Waals surface area contributed by atoms with Crippen LogP contribution in [0, 0.1) is 5.92 Å². The lowest BCUT2D eigenvalue weighted by atomic mass is 10.0. The highest BCUT2D eigenvalue weighted by molar-refractivity contribution is 14.0. The zero-order chi connectivity index (χ0) is 19.8. The molecule has 1 unspecified atom stereocenters. The van der Waals surface area contributed by atoms with E-state index < -0.39 is 0 Å². The van der Waals surface area contributed by atoms with Crippen LogP contribution < -0.4 is 10.6 Å². The van der Waals surface area contributed by atoms with Crippen LogP contribution in [0.15, 0.2) is 27.8 Å². The molecule has 1 saturated heterocycles. The van der Waals surface area contributed by atoms with E-state index in [1.54, 1.807) is 13.3 Å². The second-order valence-electron chi connectivity index (χ2n) is 7.17. The van der Waals surface area contributed by atoms with Crippen molar-refractivity contribution in [1.29, 1.82) is 0 Å². The first-order valence-electron chi connectivity index (χ1n) is 9.89. The Kier molecular flexibility index (Phi) is 9.88. The van der Waals surface area contributed by atoms with Gasteiger partial charge in [0.1, 0.15) is 5.82 Å². The zero-order valence-corrected chi connectivity index (χ0v) is 19.7. The van der Waals surface area contributed by atoms with E-state index in [-0.39, 0.29) is 24.0 Å². The third-order valence-electron chi connectivity index (χ3n) is 4.91. The zero-order valence-electron chi connectivity index (χ0n) is 17.4. The average molecular weight is 517 g/mol. The Hall–Kier alpha value is -1.66. The van der Waals surface area contributed by atoms with Crippen molar-refractivity contribution in [3.05, 3.63) is 24.2 Å². The van der Waals surface area contributed by atoms with Crippen LogP contribution in [0.3, 0.4) is 0 Å². The van der Waals surface area contributed by atoms with Crippen molar-refractivity contribution in [3.63, 3.8) is 0 Å². The molecule has 29 heavy (non-hydrogen) atoms. The highest BCUT2D eigenvalue weighted by atomic mass is 127. The first kappa shape index (κ1) is 23.6. The number of furan rings is 1. The Morgan fingerprint density at radius 3 is 2.76 bits per heavy atom. The fraction of sp³-hybridized carbons (Fsp3) is 0.632. The topological polar surface area (TPSA) is 104 Å². The second kappa shape index (κ2) is 12.1. The van der Waals surface area contributed by atoms with Crippen LogP contribution in [0.25, 0.3) is 11.6 Å². The van der Waals surface area contributed by atoms with Gasteiger partial charge in [0, 0.05) is 45.7 Å². The van der Waals surface area contributed by atoms with Gasteiger partial charge in [-0.25, -0.2) is 4.98 Å². The number of nitrogens with one attached hydrogen (secondary N) is 3. The van der Waals surface area contributed by atoms with Gasteiger partial charge in [0.05, 0.1) is 19.5 Å². The molecule has 0 amide bonds. The Balaban J connectivity index is 0.00000300. The number of guanidine groups is 1. The van der Waals surface area contributed by atoms with Crippen molar-refractivity contribution in [1.82, 2.24) is 30.7 Å². The molecule has 9 nitrogen and oxygen atoms in total. The third kappa shape index (κ3) is 6.96. The van der Waals surface area contributed by atoms with E-state index in [1.165, 1.54) is 0 Å². The van der Waals surface area contributed by atoms with Crippen LogP contribution in [0.2, 0.25) is 0 Å². The maximum Gasteiger partial charge on any atom is 0.216 e. The van der Waals surface area contributed by atoms with Crippen LogP contribution in [-0.4, -0.2) is 78.5 Å². The van der Waals surface area contributed by atoms with Crippen molar-refractivity contribution in [2.75, 3.05) is 46.4 Å². The maximum atomic E-state index is 5.48. The highest BCUT2D eigenvalue weighted by Crippen LogP contribution is 2.14. The number of halogens is 1. The van der Waals surface area contributed by atoms with Crippen LogP contribution in [-0.2, 0) is 11.2 Å². The molecule has 2 aromatic heterocycles. The molecule has 0 bridgehead atoms. The van der Waals surface area contributed by atoms with E-state index in [4.69, 9.17) is 9.15 Å². The molecule has 3 rings (SSSR count). The van der Waals surface area contributed by atoms with Crippen LogP contribution in [0.1, 0.15) is 19.7 Å². The minimum atomic E-state index is 0.